The predicted octanol–water partition coefficient (Wildman–Crippen LogP) is 2.39. The monoisotopic (exact) mass is 215 g/mol. The molecule has 4 heteroatoms. The van der Waals surface area contributed by atoms with E-state index in [0.29, 0.717) is 0 Å². The van der Waals surface area contributed by atoms with Crippen molar-refractivity contribution in [1.29, 1.82) is 0 Å². The summed E-state index contributed by atoms with van der Waals surface area (Å²) in [5, 5.41) is 0. The zero-order chi connectivity index (χ0) is 11.4. The van der Waals surface area contributed by atoms with Crippen LogP contribution in [0.1, 0.15) is 25.5 Å². The van der Waals surface area contributed by atoms with E-state index in [-0.39, 0.29) is 18.2 Å². The summed E-state index contributed by atoms with van der Waals surface area (Å²) in [7, 11) is 0. The average Bonchev–Trinajstić information content (AvgIpc) is 2.18. The fourth-order valence-corrected chi connectivity index (χ4v) is 1.35. The van der Waals surface area contributed by atoms with Crippen molar-refractivity contribution in [3.63, 3.8) is 0 Å². The van der Waals surface area contributed by atoms with E-state index >= 15 is 0 Å². The molecule has 0 aliphatic heterocycles. The number of ether oxygens (including phenoxy) is 1. The van der Waals surface area contributed by atoms with Gasteiger partial charge in [-0.2, -0.15) is 0 Å². The van der Waals surface area contributed by atoms with Gasteiger partial charge in [0.2, 0.25) is 0 Å². The lowest BCUT2D eigenvalue weighted by Gasteiger charge is -2.19. The van der Waals surface area contributed by atoms with Crippen molar-refractivity contribution in [2.24, 2.45) is 5.73 Å². The van der Waals surface area contributed by atoms with Crippen molar-refractivity contribution in [2.75, 3.05) is 6.54 Å². The fraction of sp³-hybridized carbons (Fsp3) is 0.455. The lowest BCUT2D eigenvalue weighted by molar-refractivity contribution is 0.00989. The Morgan fingerprint density at radius 2 is 2.00 bits per heavy atom. The van der Waals surface area contributed by atoms with Crippen LogP contribution >= 0.6 is 0 Å². The third-order valence-electron chi connectivity index (χ3n) is 1.96. The summed E-state index contributed by atoms with van der Waals surface area (Å²) < 4.78 is 31.7. The Kier molecular flexibility index (Phi) is 4.17. The molecule has 0 saturated heterocycles. The van der Waals surface area contributed by atoms with Gasteiger partial charge in [-0.15, -0.1) is 0 Å². The van der Waals surface area contributed by atoms with Gasteiger partial charge >= 0.3 is 0 Å². The zero-order valence-electron chi connectivity index (χ0n) is 8.84. The Balaban J connectivity index is 2.95. The molecule has 15 heavy (non-hydrogen) atoms. The number of halogens is 2. The van der Waals surface area contributed by atoms with Gasteiger partial charge in [0.15, 0.2) is 0 Å². The van der Waals surface area contributed by atoms with E-state index in [1.54, 1.807) is 0 Å². The van der Waals surface area contributed by atoms with Gasteiger partial charge < -0.3 is 10.5 Å². The summed E-state index contributed by atoms with van der Waals surface area (Å²) in [4.78, 5) is 0. The predicted molar refractivity (Wildman–Crippen MR) is 54.4 cm³/mol. The van der Waals surface area contributed by atoms with Crippen molar-refractivity contribution in [2.45, 2.75) is 26.1 Å². The first-order chi connectivity index (χ1) is 7.04. The Bertz CT molecular complexity index is 328. The maximum atomic E-state index is 13.4. The Labute approximate surface area is 88.0 Å². The molecule has 84 valence electrons. The van der Waals surface area contributed by atoms with Crippen LogP contribution in [0.3, 0.4) is 0 Å². The SMILES string of the molecule is CC(C)OC(CN)c1cc(F)ccc1F. The van der Waals surface area contributed by atoms with E-state index in [9.17, 15) is 8.78 Å². The molecule has 0 aliphatic carbocycles. The van der Waals surface area contributed by atoms with E-state index in [2.05, 4.69) is 0 Å². The standard InChI is InChI=1S/C11H15F2NO/c1-7(2)15-11(6-14)9-5-8(12)3-4-10(9)13/h3-5,7,11H,6,14H2,1-2H3. The largest absolute Gasteiger partial charge is 0.369 e. The van der Waals surface area contributed by atoms with E-state index < -0.39 is 17.7 Å². The Hall–Kier alpha value is -1.00. The van der Waals surface area contributed by atoms with Crippen LogP contribution in [0.4, 0.5) is 8.78 Å². The minimum Gasteiger partial charge on any atom is -0.369 e. The first kappa shape index (κ1) is 12.1. The number of benzene rings is 1. The smallest absolute Gasteiger partial charge is 0.129 e. The third kappa shape index (κ3) is 3.25. The quantitative estimate of drug-likeness (QED) is 0.837. The molecule has 0 amide bonds. The van der Waals surface area contributed by atoms with Crippen LogP contribution in [0.2, 0.25) is 0 Å². The highest BCUT2D eigenvalue weighted by atomic mass is 19.1. The van der Waals surface area contributed by atoms with Gasteiger partial charge in [-0.1, -0.05) is 0 Å². The van der Waals surface area contributed by atoms with Crippen LogP contribution in [0.5, 0.6) is 0 Å². The van der Waals surface area contributed by atoms with Gasteiger partial charge in [0.25, 0.3) is 0 Å². The zero-order valence-corrected chi connectivity index (χ0v) is 8.84. The van der Waals surface area contributed by atoms with Crippen LogP contribution in [-0.4, -0.2) is 12.6 Å². The van der Waals surface area contributed by atoms with Crippen LogP contribution in [0.15, 0.2) is 18.2 Å². The van der Waals surface area contributed by atoms with E-state index in [0.717, 1.165) is 18.2 Å². The van der Waals surface area contributed by atoms with Crippen molar-refractivity contribution < 1.29 is 13.5 Å². The molecule has 0 aromatic heterocycles. The molecule has 1 atom stereocenters. The average molecular weight is 215 g/mol. The molecule has 0 saturated carbocycles. The first-order valence-electron chi connectivity index (χ1n) is 4.85. The van der Waals surface area contributed by atoms with Gasteiger partial charge in [0.05, 0.1) is 12.2 Å². The molecule has 1 aromatic rings. The Morgan fingerprint density at radius 3 is 2.53 bits per heavy atom. The number of hydrogen-bond donors (Lipinski definition) is 1. The van der Waals surface area contributed by atoms with E-state index in [1.165, 1.54) is 0 Å². The minimum atomic E-state index is -0.597. The molecule has 1 rings (SSSR count). The summed E-state index contributed by atoms with van der Waals surface area (Å²) in [6, 6.07) is 3.27. The second-order valence-corrected chi connectivity index (χ2v) is 3.58. The fourth-order valence-electron chi connectivity index (χ4n) is 1.35. The van der Waals surface area contributed by atoms with Crippen LogP contribution < -0.4 is 5.73 Å². The summed E-state index contributed by atoms with van der Waals surface area (Å²) in [6.07, 6.45) is -0.679. The van der Waals surface area contributed by atoms with Crippen LogP contribution in [-0.2, 0) is 4.74 Å². The molecule has 1 unspecified atom stereocenters. The highest BCUT2D eigenvalue weighted by Gasteiger charge is 2.16. The molecule has 1 aromatic carbocycles. The van der Waals surface area contributed by atoms with Crippen molar-refractivity contribution >= 4 is 0 Å². The van der Waals surface area contributed by atoms with Gasteiger partial charge in [-0.3, -0.25) is 0 Å². The number of hydrogen-bond acceptors (Lipinski definition) is 2. The lowest BCUT2D eigenvalue weighted by atomic mass is 10.1. The number of rotatable bonds is 4. The molecule has 2 N–H and O–H groups in total. The summed E-state index contributed by atoms with van der Waals surface area (Å²) in [5.41, 5.74) is 5.63. The molecule has 2 nitrogen and oxygen atoms in total. The molecule has 0 bridgehead atoms. The molecule has 0 heterocycles. The topological polar surface area (TPSA) is 35.2 Å². The molecule has 0 spiro atoms. The molecule has 0 fully saturated rings. The maximum Gasteiger partial charge on any atom is 0.129 e. The van der Waals surface area contributed by atoms with Gasteiger partial charge in [-0.05, 0) is 32.0 Å². The van der Waals surface area contributed by atoms with Crippen molar-refractivity contribution in [3.8, 4) is 0 Å². The summed E-state index contributed by atoms with van der Waals surface area (Å²) in [6.45, 7) is 3.76. The van der Waals surface area contributed by atoms with Crippen molar-refractivity contribution in [1.82, 2.24) is 0 Å². The lowest BCUT2D eigenvalue weighted by Crippen LogP contribution is -2.20. The van der Waals surface area contributed by atoms with Crippen molar-refractivity contribution in [3.05, 3.63) is 35.4 Å². The normalized spacial score (nSPS) is 13.2. The number of nitrogens with two attached hydrogens (primary N) is 1. The first-order valence-corrected chi connectivity index (χ1v) is 4.85. The van der Waals surface area contributed by atoms with Crippen LogP contribution in [0, 0.1) is 11.6 Å². The highest BCUT2D eigenvalue weighted by molar-refractivity contribution is 5.21. The summed E-state index contributed by atoms with van der Waals surface area (Å²) >= 11 is 0. The van der Waals surface area contributed by atoms with E-state index in [1.807, 2.05) is 13.8 Å². The second-order valence-electron chi connectivity index (χ2n) is 3.58. The van der Waals surface area contributed by atoms with Gasteiger partial charge in [0, 0.05) is 12.1 Å². The molecule has 0 radical (unpaired) electrons. The second kappa shape index (κ2) is 5.19. The van der Waals surface area contributed by atoms with Crippen LogP contribution in [0.25, 0.3) is 0 Å². The van der Waals surface area contributed by atoms with Gasteiger partial charge in [-0.25, -0.2) is 8.78 Å². The third-order valence-corrected chi connectivity index (χ3v) is 1.96. The molecule has 0 aliphatic rings. The summed E-state index contributed by atoms with van der Waals surface area (Å²) in [5.74, 6) is -0.982. The van der Waals surface area contributed by atoms with Gasteiger partial charge in [0.1, 0.15) is 11.6 Å². The minimum absolute atomic E-state index is 0.0822. The molecular formula is C11H15F2NO. The highest BCUT2D eigenvalue weighted by Crippen LogP contribution is 2.22. The Morgan fingerprint density at radius 1 is 1.33 bits per heavy atom. The maximum absolute atomic E-state index is 13.4. The molecular weight excluding hydrogens is 200 g/mol. The van der Waals surface area contributed by atoms with E-state index in [4.69, 9.17) is 10.5 Å².